The third-order valence-corrected chi connectivity index (χ3v) is 5.42. The van der Waals surface area contributed by atoms with Gasteiger partial charge in [0.1, 0.15) is 6.10 Å². The van der Waals surface area contributed by atoms with E-state index in [0.29, 0.717) is 0 Å². The van der Waals surface area contributed by atoms with Crippen molar-refractivity contribution in [1.82, 2.24) is 0 Å². The summed E-state index contributed by atoms with van der Waals surface area (Å²) in [6.07, 6.45) is 3.18. The second-order valence-corrected chi connectivity index (χ2v) is 7.89. The van der Waals surface area contributed by atoms with Gasteiger partial charge in [0.15, 0.2) is 0 Å². The van der Waals surface area contributed by atoms with Crippen LogP contribution in [-0.4, -0.2) is 5.11 Å². The molecular formula is C18H22OS. The van der Waals surface area contributed by atoms with Gasteiger partial charge in [-0.3, -0.25) is 0 Å². The maximum Gasteiger partial charge on any atom is 0.113 e. The van der Waals surface area contributed by atoms with Crippen LogP contribution in [0, 0.1) is 0 Å². The third kappa shape index (κ3) is 2.55. The Balaban J connectivity index is 1.84. The molecule has 1 atom stereocenters. The predicted molar refractivity (Wildman–Crippen MR) is 85.5 cm³/mol. The van der Waals surface area contributed by atoms with Gasteiger partial charge < -0.3 is 5.11 Å². The SMILES string of the molecule is CC(C)(C)c1ccc(C(O)c2cc3c(s2)CCC3)cc1. The highest BCUT2D eigenvalue weighted by Gasteiger charge is 2.20. The standard InChI is InChI=1S/C18H22OS/c1-18(2,3)14-9-7-12(8-10-14)17(19)16-11-13-5-4-6-15(13)20-16/h7-11,17,19H,4-6H2,1-3H3. The highest BCUT2D eigenvalue weighted by molar-refractivity contribution is 7.12. The zero-order valence-electron chi connectivity index (χ0n) is 12.4. The summed E-state index contributed by atoms with van der Waals surface area (Å²) in [5, 5.41) is 10.6. The van der Waals surface area contributed by atoms with Gasteiger partial charge in [-0.25, -0.2) is 0 Å². The summed E-state index contributed by atoms with van der Waals surface area (Å²) in [5.41, 5.74) is 3.92. The number of aryl methyl sites for hydroxylation is 2. The number of rotatable bonds is 2. The summed E-state index contributed by atoms with van der Waals surface area (Å²) < 4.78 is 0. The maximum atomic E-state index is 10.6. The molecule has 106 valence electrons. The van der Waals surface area contributed by atoms with E-state index in [1.807, 2.05) is 0 Å². The van der Waals surface area contributed by atoms with Crippen molar-refractivity contribution < 1.29 is 5.11 Å². The number of hydrogen-bond acceptors (Lipinski definition) is 2. The van der Waals surface area contributed by atoms with E-state index in [1.165, 1.54) is 35.3 Å². The van der Waals surface area contributed by atoms with Gasteiger partial charge in [-0.05, 0) is 47.4 Å². The van der Waals surface area contributed by atoms with Crippen molar-refractivity contribution in [1.29, 1.82) is 0 Å². The molecule has 3 rings (SSSR count). The van der Waals surface area contributed by atoms with E-state index >= 15 is 0 Å². The molecule has 1 nitrogen and oxygen atoms in total. The number of thiophene rings is 1. The first-order valence-electron chi connectivity index (χ1n) is 7.35. The van der Waals surface area contributed by atoms with Gasteiger partial charge in [0, 0.05) is 9.75 Å². The second-order valence-electron chi connectivity index (χ2n) is 6.73. The zero-order chi connectivity index (χ0) is 14.3. The lowest BCUT2D eigenvalue weighted by Gasteiger charge is -2.20. The summed E-state index contributed by atoms with van der Waals surface area (Å²) in [6.45, 7) is 6.63. The summed E-state index contributed by atoms with van der Waals surface area (Å²) >= 11 is 1.78. The molecule has 0 spiro atoms. The summed E-state index contributed by atoms with van der Waals surface area (Å²) in [5.74, 6) is 0. The van der Waals surface area contributed by atoms with E-state index in [4.69, 9.17) is 0 Å². The van der Waals surface area contributed by atoms with Crippen LogP contribution in [0.25, 0.3) is 0 Å². The molecule has 0 radical (unpaired) electrons. The minimum atomic E-state index is -0.473. The lowest BCUT2D eigenvalue weighted by molar-refractivity contribution is 0.224. The fraction of sp³-hybridized carbons (Fsp3) is 0.444. The fourth-order valence-corrected chi connectivity index (χ4v) is 4.09. The van der Waals surface area contributed by atoms with E-state index in [1.54, 1.807) is 11.3 Å². The van der Waals surface area contributed by atoms with Crippen LogP contribution in [0.1, 0.15) is 59.7 Å². The lowest BCUT2D eigenvalue weighted by Crippen LogP contribution is -2.11. The van der Waals surface area contributed by atoms with Crippen molar-refractivity contribution in [3.8, 4) is 0 Å². The van der Waals surface area contributed by atoms with Crippen molar-refractivity contribution in [2.75, 3.05) is 0 Å². The van der Waals surface area contributed by atoms with Gasteiger partial charge in [-0.15, -0.1) is 11.3 Å². The van der Waals surface area contributed by atoms with E-state index in [9.17, 15) is 5.11 Å². The Morgan fingerprint density at radius 2 is 1.80 bits per heavy atom. The van der Waals surface area contributed by atoms with Gasteiger partial charge in [-0.1, -0.05) is 45.0 Å². The molecule has 2 aromatic rings. The first-order valence-corrected chi connectivity index (χ1v) is 8.17. The van der Waals surface area contributed by atoms with Crippen LogP contribution in [0.15, 0.2) is 30.3 Å². The predicted octanol–water partition coefficient (Wildman–Crippen LogP) is 4.62. The molecule has 1 heterocycles. The van der Waals surface area contributed by atoms with Crippen LogP contribution in [0.3, 0.4) is 0 Å². The Hall–Kier alpha value is -1.12. The Bertz CT molecular complexity index is 580. The van der Waals surface area contributed by atoms with Crippen LogP contribution in [-0.2, 0) is 18.3 Å². The topological polar surface area (TPSA) is 20.2 Å². The summed E-state index contributed by atoms with van der Waals surface area (Å²) in [4.78, 5) is 2.57. The van der Waals surface area contributed by atoms with Gasteiger partial charge in [0.25, 0.3) is 0 Å². The van der Waals surface area contributed by atoms with Crippen LogP contribution >= 0.6 is 11.3 Å². The lowest BCUT2D eigenvalue weighted by atomic mass is 9.86. The molecule has 0 bridgehead atoms. The molecule has 1 unspecified atom stereocenters. The highest BCUT2D eigenvalue weighted by atomic mass is 32.1. The zero-order valence-corrected chi connectivity index (χ0v) is 13.3. The molecule has 1 aromatic heterocycles. The van der Waals surface area contributed by atoms with Gasteiger partial charge >= 0.3 is 0 Å². The minimum Gasteiger partial charge on any atom is -0.383 e. The van der Waals surface area contributed by atoms with E-state index in [0.717, 1.165) is 10.4 Å². The van der Waals surface area contributed by atoms with Crippen LogP contribution in [0.4, 0.5) is 0 Å². The monoisotopic (exact) mass is 286 g/mol. The normalized spacial score (nSPS) is 16.2. The highest BCUT2D eigenvalue weighted by Crippen LogP contribution is 2.36. The molecule has 0 saturated heterocycles. The average molecular weight is 286 g/mol. The largest absolute Gasteiger partial charge is 0.383 e. The van der Waals surface area contributed by atoms with Crippen molar-refractivity contribution >= 4 is 11.3 Å². The molecule has 0 amide bonds. The Morgan fingerprint density at radius 3 is 2.40 bits per heavy atom. The van der Waals surface area contributed by atoms with Crippen molar-refractivity contribution in [3.63, 3.8) is 0 Å². The Morgan fingerprint density at radius 1 is 1.10 bits per heavy atom. The first-order chi connectivity index (χ1) is 9.45. The molecule has 1 N–H and O–H groups in total. The molecule has 20 heavy (non-hydrogen) atoms. The smallest absolute Gasteiger partial charge is 0.113 e. The molecule has 0 fully saturated rings. The number of aliphatic hydroxyl groups excluding tert-OH is 1. The number of hydrogen-bond donors (Lipinski definition) is 1. The van der Waals surface area contributed by atoms with Crippen LogP contribution in [0.2, 0.25) is 0 Å². The quantitative estimate of drug-likeness (QED) is 0.854. The molecule has 1 aliphatic carbocycles. The van der Waals surface area contributed by atoms with E-state index in [-0.39, 0.29) is 5.41 Å². The first kappa shape index (κ1) is 13.8. The molecule has 2 heteroatoms. The van der Waals surface area contributed by atoms with Gasteiger partial charge in [-0.2, -0.15) is 0 Å². The molecule has 1 aromatic carbocycles. The van der Waals surface area contributed by atoms with Crippen molar-refractivity contribution in [2.24, 2.45) is 0 Å². The van der Waals surface area contributed by atoms with Gasteiger partial charge in [0.05, 0.1) is 0 Å². The minimum absolute atomic E-state index is 0.160. The average Bonchev–Trinajstić information content (AvgIpc) is 2.97. The van der Waals surface area contributed by atoms with Crippen molar-refractivity contribution in [2.45, 2.75) is 51.6 Å². The third-order valence-electron chi connectivity index (χ3n) is 4.13. The Kier molecular flexibility index (Phi) is 3.47. The molecule has 0 aliphatic heterocycles. The van der Waals surface area contributed by atoms with Crippen molar-refractivity contribution in [3.05, 3.63) is 56.8 Å². The fourth-order valence-electron chi connectivity index (χ4n) is 2.82. The second kappa shape index (κ2) is 5.01. The Labute approximate surface area is 125 Å². The van der Waals surface area contributed by atoms with Crippen LogP contribution < -0.4 is 0 Å². The molecule has 0 saturated carbocycles. The number of benzene rings is 1. The number of fused-ring (bicyclic) bond motifs is 1. The van der Waals surface area contributed by atoms with E-state index < -0.39 is 6.10 Å². The van der Waals surface area contributed by atoms with E-state index in [2.05, 4.69) is 51.1 Å². The number of aliphatic hydroxyl groups is 1. The molecular weight excluding hydrogens is 264 g/mol. The maximum absolute atomic E-state index is 10.6. The summed E-state index contributed by atoms with van der Waals surface area (Å²) in [6, 6.07) is 10.6. The molecule has 1 aliphatic rings. The van der Waals surface area contributed by atoms with Crippen LogP contribution in [0.5, 0.6) is 0 Å². The summed E-state index contributed by atoms with van der Waals surface area (Å²) in [7, 11) is 0. The van der Waals surface area contributed by atoms with Gasteiger partial charge in [0.2, 0.25) is 0 Å².